The van der Waals surface area contributed by atoms with Gasteiger partial charge >= 0.3 is 0 Å². The van der Waals surface area contributed by atoms with Gasteiger partial charge < -0.3 is 20.4 Å². The number of rotatable bonds is 4. The molecule has 0 aliphatic carbocycles. The first kappa shape index (κ1) is 24.6. The van der Waals surface area contributed by atoms with Gasteiger partial charge in [0.1, 0.15) is 11.5 Å². The summed E-state index contributed by atoms with van der Waals surface area (Å²) in [4.78, 5) is 0.272. The Kier molecular flexibility index (Phi) is 7.14. The van der Waals surface area contributed by atoms with Gasteiger partial charge in [-0.1, -0.05) is 24.3 Å². The van der Waals surface area contributed by atoms with Crippen LogP contribution in [-0.2, 0) is 19.7 Å². The van der Waals surface area contributed by atoms with Crippen LogP contribution in [0.25, 0.3) is 0 Å². The number of phenolic OH excluding ortho intramolecular Hbond substituents is 2. The molecule has 10 heteroatoms. The summed E-state index contributed by atoms with van der Waals surface area (Å²) in [5.74, 6) is -0.484. The average molecular weight is 499 g/mol. The molecule has 0 radical (unpaired) electrons. The Bertz CT molecular complexity index is 1240. The van der Waals surface area contributed by atoms with Crippen molar-refractivity contribution < 1.29 is 37.3 Å². The largest absolute Gasteiger partial charge is 0.872 e. The minimum atomic E-state index is -3.62. The molecule has 0 aliphatic heterocycles. The molecule has 0 saturated heterocycles. The molecule has 0 atom stereocenters. The minimum Gasteiger partial charge on any atom is -0.872 e. The van der Waals surface area contributed by atoms with E-state index in [1.165, 1.54) is 97.1 Å². The van der Waals surface area contributed by atoms with E-state index in [1.54, 1.807) is 0 Å². The number of hydrogen-bond acceptors (Lipinski definition) is 8. The molecular formula is C24H18O8S2-2. The number of aromatic hydroxyl groups is 2. The Morgan fingerprint density at radius 2 is 0.618 bits per heavy atom. The first-order chi connectivity index (χ1) is 16.0. The summed E-state index contributed by atoms with van der Waals surface area (Å²) in [6.45, 7) is 0. The summed E-state index contributed by atoms with van der Waals surface area (Å²) in [5, 5.41) is 40.0. The maximum Gasteiger partial charge on any atom is 0.206 e. The highest BCUT2D eigenvalue weighted by Gasteiger charge is 2.17. The molecule has 4 rings (SSSR count). The third-order valence-electron chi connectivity index (χ3n) is 4.56. The highest BCUT2D eigenvalue weighted by atomic mass is 32.2. The molecule has 4 aromatic carbocycles. The summed E-state index contributed by atoms with van der Waals surface area (Å²) in [6.07, 6.45) is 0. The summed E-state index contributed by atoms with van der Waals surface area (Å²) in [7, 11) is -7.24. The van der Waals surface area contributed by atoms with E-state index in [0.717, 1.165) is 0 Å². The lowest BCUT2D eigenvalue weighted by Gasteiger charge is -2.07. The van der Waals surface area contributed by atoms with Crippen molar-refractivity contribution in [2.45, 2.75) is 19.6 Å². The fourth-order valence-electron chi connectivity index (χ4n) is 2.76. The van der Waals surface area contributed by atoms with Crippen LogP contribution in [0.5, 0.6) is 23.0 Å². The lowest BCUT2D eigenvalue weighted by Crippen LogP contribution is -2.02. The van der Waals surface area contributed by atoms with Crippen molar-refractivity contribution in [3.63, 3.8) is 0 Å². The Hall–Kier alpha value is -4.02. The first-order valence-corrected chi connectivity index (χ1v) is 12.6. The van der Waals surface area contributed by atoms with E-state index in [2.05, 4.69) is 0 Å². The summed E-state index contributed by atoms with van der Waals surface area (Å²) < 4.78 is 48.3. The van der Waals surface area contributed by atoms with Gasteiger partial charge in [-0.15, -0.1) is 11.5 Å². The second-order valence-corrected chi connectivity index (χ2v) is 10.8. The normalized spacial score (nSPS) is 11.3. The third kappa shape index (κ3) is 5.66. The van der Waals surface area contributed by atoms with Crippen LogP contribution in [0.3, 0.4) is 0 Å². The molecule has 0 aliphatic rings. The molecule has 0 saturated carbocycles. The van der Waals surface area contributed by atoms with E-state index in [9.17, 15) is 27.0 Å². The fraction of sp³-hybridized carbons (Fsp3) is 0. The molecule has 0 heterocycles. The van der Waals surface area contributed by atoms with E-state index >= 15 is 0 Å². The summed E-state index contributed by atoms with van der Waals surface area (Å²) in [6, 6.07) is 20.3. The van der Waals surface area contributed by atoms with Gasteiger partial charge in [0.15, 0.2) is 0 Å². The van der Waals surface area contributed by atoms with Crippen LogP contribution in [-0.4, -0.2) is 27.0 Å². The molecule has 2 N–H and O–H groups in total. The number of benzene rings is 4. The topological polar surface area (TPSA) is 155 Å². The molecule has 0 amide bonds. The van der Waals surface area contributed by atoms with E-state index in [4.69, 9.17) is 10.2 Å². The predicted octanol–water partition coefficient (Wildman–Crippen LogP) is 2.60. The van der Waals surface area contributed by atoms with E-state index in [1.807, 2.05) is 0 Å². The van der Waals surface area contributed by atoms with Gasteiger partial charge in [0.05, 0.1) is 19.6 Å². The van der Waals surface area contributed by atoms with Crippen molar-refractivity contribution >= 4 is 19.7 Å². The van der Waals surface area contributed by atoms with Crippen LogP contribution < -0.4 is 10.2 Å². The Balaban J connectivity index is 0.000000191. The predicted molar refractivity (Wildman–Crippen MR) is 119 cm³/mol. The van der Waals surface area contributed by atoms with Crippen molar-refractivity contribution in [3.05, 3.63) is 97.1 Å². The van der Waals surface area contributed by atoms with Crippen LogP contribution in [0.4, 0.5) is 0 Å². The maximum absolute atomic E-state index is 12.1. The van der Waals surface area contributed by atoms with E-state index in [0.29, 0.717) is 0 Å². The van der Waals surface area contributed by atoms with Gasteiger partial charge in [0, 0.05) is 0 Å². The number of hydrogen-bond donors (Lipinski definition) is 2. The second kappa shape index (κ2) is 9.86. The SMILES string of the molecule is O=S(=O)(c1ccc([O-])cc1)c1ccc(O)cc1.O=S(=O)(c1ccc([O-])cc1)c1ccc(O)cc1. The zero-order valence-corrected chi connectivity index (χ0v) is 19.0. The van der Waals surface area contributed by atoms with Crippen molar-refractivity contribution in [2.24, 2.45) is 0 Å². The fourth-order valence-corrected chi connectivity index (χ4v) is 5.28. The number of phenols is 2. The summed E-state index contributed by atoms with van der Waals surface area (Å²) >= 11 is 0. The van der Waals surface area contributed by atoms with Gasteiger partial charge in [0.25, 0.3) is 0 Å². The lowest BCUT2D eigenvalue weighted by molar-refractivity contribution is -0.269. The van der Waals surface area contributed by atoms with Crippen molar-refractivity contribution in [3.8, 4) is 23.0 Å². The van der Waals surface area contributed by atoms with Crippen LogP contribution in [0.1, 0.15) is 0 Å². The van der Waals surface area contributed by atoms with Gasteiger partial charge in [-0.2, -0.15) is 0 Å². The molecule has 34 heavy (non-hydrogen) atoms. The van der Waals surface area contributed by atoms with Crippen molar-refractivity contribution in [1.29, 1.82) is 0 Å². The Morgan fingerprint density at radius 3 is 0.853 bits per heavy atom. The Labute approximate surface area is 196 Å². The highest BCUT2D eigenvalue weighted by Crippen LogP contribution is 2.24. The van der Waals surface area contributed by atoms with Crippen molar-refractivity contribution in [2.75, 3.05) is 0 Å². The first-order valence-electron chi connectivity index (χ1n) is 9.62. The molecule has 0 bridgehead atoms. The monoisotopic (exact) mass is 498 g/mol. The second-order valence-electron chi connectivity index (χ2n) is 6.94. The minimum absolute atomic E-state index is 0.00106. The van der Waals surface area contributed by atoms with Crippen LogP contribution in [0.15, 0.2) is 117 Å². The number of sulfone groups is 2. The van der Waals surface area contributed by atoms with Crippen LogP contribution >= 0.6 is 0 Å². The maximum atomic E-state index is 12.1. The molecule has 0 aromatic heterocycles. The van der Waals surface area contributed by atoms with Gasteiger partial charge in [0.2, 0.25) is 19.7 Å². The third-order valence-corrected chi connectivity index (χ3v) is 8.13. The van der Waals surface area contributed by atoms with Gasteiger partial charge in [-0.3, -0.25) is 0 Å². The lowest BCUT2D eigenvalue weighted by atomic mass is 10.3. The van der Waals surface area contributed by atoms with E-state index in [-0.39, 0.29) is 42.6 Å². The van der Waals surface area contributed by atoms with Gasteiger partial charge in [-0.05, 0) is 72.8 Å². The molecule has 0 unspecified atom stereocenters. The van der Waals surface area contributed by atoms with Crippen LogP contribution in [0, 0.1) is 0 Å². The summed E-state index contributed by atoms with van der Waals surface area (Å²) in [5.41, 5.74) is 0. The molecule has 176 valence electrons. The van der Waals surface area contributed by atoms with Gasteiger partial charge in [-0.25, -0.2) is 16.8 Å². The molecular weight excluding hydrogens is 480 g/mol. The molecule has 8 nitrogen and oxygen atoms in total. The quantitative estimate of drug-likeness (QED) is 0.435. The molecule has 0 spiro atoms. The highest BCUT2D eigenvalue weighted by molar-refractivity contribution is 7.91. The smallest absolute Gasteiger partial charge is 0.206 e. The zero-order valence-electron chi connectivity index (χ0n) is 17.4. The standard InChI is InChI=1S/2C12H10O4S/c2*13-9-1-5-11(6-2-9)17(15,16)12-7-3-10(14)4-8-12/h2*1-8,13-14H/p-2. The average Bonchev–Trinajstić information content (AvgIpc) is 2.81. The molecule has 4 aromatic rings. The zero-order chi connectivity index (χ0) is 24.9. The van der Waals surface area contributed by atoms with Crippen molar-refractivity contribution in [1.82, 2.24) is 0 Å². The van der Waals surface area contributed by atoms with E-state index < -0.39 is 19.7 Å². The molecule has 0 fully saturated rings. The van der Waals surface area contributed by atoms with Crippen LogP contribution in [0.2, 0.25) is 0 Å². The Morgan fingerprint density at radius 1 is 0.412 bits per heavy atom.